The molecule has 9 heteroatoms. The number of benzene rings is 2. The van der Waals surface area contributed by atoms with E-state index in [2.05, 4.69) is 0 Å². The Morgan fingerprint density at radius 1 is 0.967 bits per heavy atom. The van der Waals surface area contributed by atoms with Crippen LogP contribution in [-0.2, 0) is 4.74 Å². The molecule has 1 fully saturated rings. The SMILES string of the molecule is O=c1cc(-c2ccccc2)oc2cc(O)cc(O[C@@H]3O[C@H](CO)[C@@H](O)[C@H](O)[C@H]3O)c12. The minimum atomic E-state index is -1.67. The quantitative estimate of drug-likeness (QED) is 0.406. The second kappa shape index (κ2) is 8.05. The number of phenols is 1. The Labute approximate surface area is 170 Å². The van der Waals surface area contributed by atoms with Crippen LogP contribution in [0.15, 0.2) is 57.7 Å². The molecule has 30 heavy (non-hydrogen) atoms. The van der Waals surface area contributed by atoms with Crippen molar-refractivity contribution in [3.63, 3.8) is 0 Å². The number of hydrogen-bond acceptors (Lipinski definition) is 9. The standard InChI is InChI=1S/C21H20O9/c22-9-16-18(25)19(26)20(27)21(30-16)29-15-7-11(23)6-14-17(15)12(24)8-13(28-14)10-4-2-1-3-5-10/h1-8,16,18-23,25-27H,9H2/t16-,18-,19+,20-,21-/m1/s1. The molecule has 2 heterocycles. The van der Waals surface area contributed by atoms with Crippen molar-refractivity contribution in [2.24, 2.45) is 0 Å². The predicted octanol–water partition coefficient (Wildman–Crippen LogP) is 0.344. The number of aliphatic hydroxyl groups is 4. The summed E-state index contributed by atoms with van der Waals surface area (Å²) in [5.41, 5.74) is 0.242. The molecule has 0 unspecified atom stereocenters. The molecule has 4 rings (SSSR count). The largest absolute Gasteiger partial charge is 0.508 e. The molecule has 0 saturated carbocycles. The number of hydrogen-bond donors (Lipinski definition) is 5. The normalized spacial score (nSPS) is 26.6. The van der Waals surface area contributed by atoms with Crippen LogP contribution >= 0.6 is 0 Å². The number of phenolic OH excluding ortho intramolecular Hbond substituents is 1. The molecule has 5 atom stereocenters. The van der Waals surface area contributed by atoms with Crippen LogP contribution < -0.4 is 10.2 Å². The van der Waals surface area contributed by atoms with Gasteiger partial charge in [0.2, 0.25) is 6.29 Å². The molecular weight excluding hydrogens is 396 g/mol. The molecule has 1 aliphatic heterocycles. The molecular formula is C21H20O9. The molecule has 0 radical (unpaired) electrons. The van der Waals surface area contributed by atoms with E-state index in [9.17, 15) is 30.3 Å². The van der Waals surface area contributed by atoms with Crippen LogP contribution in [0.25, 0.3) is 22.3 Å². The summed E-state index contributed by atoms with van der Waals surface area (Å²) in [5.74, 6) is -0.129. The molecule has 5 N–H and O–H groups in total. The average Bonchev–Trinajstić information content (AvgIpc) is 2.74. The second-order valence-electron chi connectivity index (χ2n) is 6.97. The zero-order valence-electron chi connectivity index (χ0n) is 15.6. The number of aliphatic hydroxyl groups excluding tert-OH is 4. The van der Waals surface area contributed by atoms with Crippen LogP contribution in [-0.4, -0.2) is 62.8 Å². The molecule has 3 aromatic rings. The highest BCUT2D eigenvalue weighted by Crippen LogP contribution is 2.33. The van der Waals surface area contributed by atoms with Crippen molar-refractivity contribution in [3.05, 3.63) is 58.8 Å². The van der Waals surface area contributed by atoms with Gasteiger partial charge >= 0.3 is 0 Å². The van der Waals surface area contributed by atoms with Crippen LogP contribution in [0.2, 0.25) is 0 Å². The van der Waals surface area contributed by atoms with Gasteiger partial charge in [0.15, 0.2) is 5.43 Å². The Hall–Kier alpha value is -2.95. The van der Waals surface area contributed by atoms with Gasteiger partial charge in [-0.3, -0.25) is 4.79 Å². The van der Waals surface area contributed by atoms with E-state index < -0.39 is 42.7 Å². The minimum absolute atomic E-state index is 0.00978. The van der Waals surface area contributed by atoms with Crippen LogP contribution in [0.1, 0.15) is 0 Å². The summed E-state index contributed by atoms with van der Waals surface area (Å²) in [6.07, 6.45) is -7.57. The molecule has 158 valence electrons. The van der Waals surface area contributed by atoms with Crippen LogP contribution in [0.4, 0.5) is 0 Å². The molecule has 0 aliphatic carbocycles. The third kappa shape index (κ3) is 3.64. The number of aromatic hydroxyl groups is 1. The van der Waals surface area contributed by atoms with E-state index in [-0.39, 0.29) is 28.2 Å². The van der Waals surface area contributed by atoms with Gasteiger partial charge in [0.05, 0.1) is 6.61 Å². The van der Waals surface area contributed by atoms with E-state index in [0.29, 0.717) is 5.56 Å². The van der Waals surface area contributed by atoms with Crippen molar-refractivity contribution in [2.45, 2.75) is 30.7 Å². The van der Waals surface area contributed by atoms with Crippen molar-refractivity contribution in [2.75, 3.05) is 6.61 Å². The predicted molar refractivity (Wildman–Crippen MR) is 104 cm³/mol. The molecule has 0 bridgehead atoms. The van der Waals surface area contributed by atoms with Crippen LogP contribution in [0.5, 0.6) is 11.5 Å². The van der Waals surface area contributed by atoms with Gasteiger partial charge in [-0.25, -0.2) is 0 Å². The summed E-state index contributed by atoms with van der Waals surface area (Å²) in [6, 6.07) is 12.6. The van der Waals surface area contributed by atoms with Crippen LogP contribution in [0, 0.1) is 0 Å². The Kier molecular flexibility index (Phi) is 5.46. The molecule has 9 nitrogen and oxygen atoms in total. The zero-order chi connectivity index (χ0) is 21.4. The molecule has 1 saturated heterocycles. The van der Waals surface area contributed by atoms with Gasteiger partial charge < -0.3 is 39.4 Å². The number of fused-ring (bicyclic) bond motifs is 1. The third-order valence-corrected chi connectivity index (χ3v) is 4.93. The first kappa shape index (κ1) is 20.3. The highest BCUT2D eigenvalue weighted by atomic mass is 16.7. The smallest absolute Gasteiger partial charge is 0.229 e. The van der Waals surface area contributed by atoms with Gasteiger partial charge in [-0.05, 0) is 0 Å². The number of ether oxygens (including phenoxy) is 2. The van der Waals surface area contributed by atoms with Gasteiger partial charge in [-0.15, -0.1) is 0 Å². The summed E-state index contributed by atoms with van der Waals surface area (Å²) in [5, 5.41) is 49.4. The van der Waals surface area contributed by atoms with Gasteiger partial charge in [0.1, 0.15) is 52.6 Å². The highest BCUT2D eigenvalue weighted by molar-refractivity contribution is 5.86. The summed E-state index contributed by atoms with van der Waals surface area (Å²) >= 11 is 0. The fourth-order valence-corrected chi connectivity index (χ4v) is 3.37. The van der Waals surface area contributed by atoms with Crippen molar-refractivity contribution in [1.29, 1.82) is 0 Å². The maximum absolute atomic E-state index is 12.8. The van der Waals surface area contributed by atoms with E-state index in [1.54, 1.807) is 24.3 Å². The van der Waals surface area contributed by atoms with Crippen molar-refractivity contribution >= 4 is 11.0 Å². The van der Waals surface area contributed by atoms with E-state index >= 15 is 0 Å². The summed E-state index contributed by atoms with van der Waals surface area (Å²) in [4.78, 5) is 12.8. The van der Waals surface area contributed by atoms with E-state index in [0.717, 1.165) is 6.07 Å². The van der Waals surface area contributed by atoms with Crippen molar-refractivity contribution in [1.82, 2.24) is 0 Å². The minimum Gasteiger partial charge on any atom is -0.508 e. The molecule has 2 aromatic carbocycles. The molecule has 0 amide bonds. The van der Waals surface area contributed by atoms with Crippen molar-refractivity contribution < 1.29 is 39.4 Å². The highest BCUT2D eigenvalue weighted by Gasteiger charge is 2.45. The first-order chi connectivity index (χ1) is 14.4. The number of rotatable bonds is 4. The Bertz CT molecular complexity index is 1090. The molecule has 1 aromatic heterocycles. The Balaban J connectivity index is 1.75. The first-order valence-electron chi connectivity index (χ1n) is 9.22. The van der Waals surface area contributed by atoms with E-state index in [4.69, 9.17) is 13.9 Å². The fourth-order valence-electron chi connectivity index (χ4n) is 3.37. The van der Waals surface area contributed by atoms with Gasteiger partial charge in [-0.1, -0.05) is 30.3 Å². The second-order valence-corrected chi connectivity index (χ2v) is 6.97. The summed E-state index contributed by atoms with van der Waals surface area (Å²) in [7, 11) is 0. The Morgan fingerprint density at radius 2 is 1.70 bits per heavy atom. The summed E-state index contributed by atoms with van der Waals surface area (Å²) in [6.45, 7) is -0.631. The van der Waals surface area contributed by atoms with Crippen LogP contribution in [0.3, 0.4) is 0 Å². The first-order valence-corrected chi connectivity index (χ1v) is 9.22. The lowest BCUT2D eigenvalue weighted by atomic mass is 9.99. The monoisotopic (exact) mass is 416 g/mol. The lowest BCUT2D eigenvalue weighted by Gasteiger charge is -2.39. The van der Waals surface area contributed by atoms with E-state index in [1.807, 2.05) is 6.07 Å². The topological polar surface area (TPSA) is 150 Å². The third-order valence-electron chi connectivity index (χ3n) is 4.93. The lowest BCUT2D eigenvalue weighted by Crippen LogP contribution is -2.60. The van der Waals surface area contributed by atoms with Gasteiger partial charge in [0.25, 0.3) is 0 Å². The van der Waals surface area contributed by atoms with Gasteiger partial charge in [0, 0.05) is 23.8 Å². The maximum atomic E-state index is 12.8. The van der Waals surface area contributed by atoms with Gasteiger partial charge in [-0.2, -0.15) is 0 Å². The Morgan fingerprint density at radius 3 is 2.40 bits per heavy atom. The maximum Gasteiger partial charge on any atom is 0.229 e. The lowest BCUT2D eigenvalue weighted by molar-refractivity contribution is -0.277. The zero-order valence-corrected chi connectivity index (χ0v) is 15.6. The fraction of sp³-hybridized carbons (Fsp3) is 0.286. The van der Waals surface area contributed by atoms with E-state index in [1.165, 1.54) is 12.1 Å². The molecule has 1 aliphatic rings. The average molecular weight is 416 g/mol. The summed E-state index contributed by atoms with van der Waals surface area (Å²) < 4.78 is 16.6. The molecule has 0 spiro atoms. The van der Waals surface area contributed by atoms with Crippen molar-refractivity contribution in [3.8, 4) is 22.8 Å².